The van der Waals surface area contributed by atoms with Gasteiger partial charge in [-0.25, -0.2) is 4.79 Å². The molecule has 1 N–H and O–H groups in total. The molecule has 1 rings (SSSR count). The highest BCUT2D eigenvalue weighted by Gasteiger charge is 2.66. The Labute approximate surface area is 74.8 Å². The molecule has 14 heavy (non-hydrogen) atoms. The second-order valence-corrected chi connectivity index (χ2v) is 2.22. The van der Waals surface area contributed by atoms with Crippen LogP contribution in [0.25, 0.3) is 0 Å². The van der Waals surface area contributed by atoms with Gasteiger partial charge in [0.25, 0.3) is 0 Å². The minimum Gasteiger partial charge on any atom is -0.474 e. The van der Waals surface area contributed by atoms with Gasteiger partial charge in [0.2, 0.25) is 0 Å². The van der Waals surface area contributed by atoms with Gasteiger partial charge in [-0.1, -0.05) is 5.11 Å². The lowest BCUT2D eigenvalue weighted by molar-refractivity contribution is -0.580. The lowest BCUT2D eigenvalue weighted by Crippen LogP contribution is -2.47. The number of nitro groups is 2. The Kier molecular flexibility index (Phi) is 1.96. The normalized spacial score (nSPS) is 24.4. The molecule has 0 saturated heterocycles. The first-order valence-corrected chi connectivity index (χ1v) is 3.08. The third kappa shape index (κ3) is 1.01. The summed E-state index contributed by atoms with van der Waals surface area (Å²) < 4.78 is 0. The fraction of sp³-hybridized carbons (Fsp3) is 0.250. The predicted octanol–water partition coefficient (Wildman–Crippen LogP) is -0.372. The van der Waals surface area contributed by atoms with Crippen LogP contribution >= 0.6 is 0 Å². The number of rotatable bonds is 3. The van der Waals surface area contributed by atoms with Gasteiger partial charge in [0.05, 0.1) is 9.85 Å². The van der Waals surface area contributed by atoms with Gasteiger partial charge < -0.3 is 5.11 Å². The van der Waals surface area contributed by atoms with Crippen LogP contribution in [0.15, 0.2) is 22.1 Å². The maximum Gasteiger partial charge on any atom is 0.515 e. The summed E-state index contributed by atoms with van der Waals surface area (Å²) in [5, 5.41) is 34.8. The molecular weight excluding hydrogens is 200 g/mol. The quantitative estimate of drug-likeness (QED) is 0.487. The van der Waals surface area contributed by atoms with E-state index in [2.05, 4.69) is 10.2 Å². The van der Waals surface area contributed by atoms with Crippen molar-refractivity contribution >= 4 is 5.97 Å². The summed E-state index contributed by atoms with van der Waals surface area (Å²) in [6.07, 6.45) is 0.441. The van der Waals surface area contributed by atoms with Gasteiger partial charge in [-0.05, 0) is 0 Å². The summed E-state index contributed by atoms with van der Waals surface area (Å²) in [7, 11) is 0. The molecule has 0 aromatic heterocycles. The van der Waals surface area contributed by atoms with Gasteiger partial charge in [0.1, 0.15) is 6.20 Å². The third-order valence-electron chi connectivity index (χ3n) is 1.50. The molecule has 1 heterocycles. The number of azo groups is 1. The van der Waals surface area contributed by atoms with Crippen LogP contribution in [0.2, 0.25) is 0 Å². The van der Waals surface area contributed by atoms with Gasteiger partial charge in [-0.3, -0.25) is 20.2 Å². The average molecular weight is 202 g/mol. The number of carboxylic acid groups (broad SMARTS) is 1. The van der Waals surface area contributed by atoms with Gasteiger partial charge in [-0.15, -0.1) is 5.11 Å². The molecule has 0 aromatic rings. The average Bonchev–Trinajstić information content (AvgIpc) is 2.47. The van der Waals surface area contributed by atoms with Gasteiger partial charge in [-0.2, -0.15) is 0 Å². The predicted molar refractivity (Wildman–Crippen MR) is 37.3 cm³/mol. The SMILES string of the molecule is O=C(O)C1([N+](=O)[O-])N=NC=C1[N+](=O)[O-]. The molecule has 0 spiro atoms. The van der Waals surface area contributed by atoms with Crippen LogP contribution in [0.3, 0.4) is 0 Å². The fourth-order valence-electron chi connectivity index (χ4n) is 0.843. The van der Waals surface area contributed by atoms with E-state index in [0.717, 1.165) is 0 Å². The second kappa shape index (κ2) is 2.83. The molecule has 0 aromatic carbocycles. The van der Waals surface area contributed by atoms with Crippen LogP contribution in [0, 0.1) is 20.2 Å². The van der Waals surface area contributed by atoms with Crippen molar-refractivity contribution < 1.29 is 19.7 Å². The molecule has 0 saturated carbocycles. The number of nitrogens with zero attached hydrogens (tertiary/aromatic N) is 4. The van der Waals surface area contributed by atoms with Crippen LogP contribution in [0.4, 0.5) is 0 Å². The zero-order valence-electron chi connectivity index (χ0n) is 6.35. The van der Waals surface area contributed by atoms with Crippen LogP contribution in [-0.4, -0.2) is 26.6 Å². The molecule has 1 atom stereocenters. The smallest absolute Gasteiger partial charge is 0.474 e. The van der Waals surface area contributed by atoms with E-state index in [1.807, 2.05) is 0 Å². The highest BCUT2D eigenvalue weighted by atomic mass is 16.7. The Bertz CT molecular complexity index is 369. The first kappa shape index (κ1) is 9.70. The summed E-state index contributed by atoms with van der Waals surface area (Å²) in [5.74, 6) is -2.05. The molecule has 1 unspecified atom stereocenters. The fourth-order valence-corrected chi connectivity index (χ4v) is 0.843. The minimum atomic E-state index is -3.11. The summed E-state index contributed by atoms with van der Waals surface area (Å²) in [6.45, 7) is 0. The zero-order chi connectivity index (χ0) is 10.9. The monoisotopic (exact) mass is 202 g/mol. The Hall–Kier alpha value is -2.39. The van der Waals surface area contributed by atoms with Crippen molar-refractivity contribution in [3.05, 3.63) is 32.1 Å². The van der Waals surface area contributed by atoms with Gasteiger partial charge in [0.15, 0.2) is 0 Å². The van der Waals surface area contributed by atoms with Crippen LogP contribution in [-0.2, 0) is 4.79 Å². The van der Waals surface area contributed by atoms with E-state index in [0.29, 0.717) is 6.20 Å². The van der Waals surface area contributed by atoms with E-state index in [-0.39, 0.29) is 0 Å². The molecule has 1 aliphatic heterocycles. The number of carbonyl (C=O) groups is 1. The molecule has 0 aliphatic carbocycles. The van der Waals surface area contributed by atoms with E-state index < -0.39 is 27.2 Å². The lowest BCUT2D eigenvalue weighted by atomic mass is 10.1. The molecule has 0 radical (unpaired) electrons. The van der Waals surface area contributed by atoms with Crippen molar-refractivity contribution in [1.29, 1.82) is 0 Å². The van der Waals surface area contributed by atoms with Crippen LogP contribution < -0.4 is 0 Å². The van der Waals surface area contributed by atoms with Gasteiger partial charge >= 0.3 is 17.3 Å². The van der Waals surface area contributed by atoms with E-state index in [1.165, 1.54) is 0 Å². The molecule has 10 heteroatoms. The first-order chi connectivity index (χ1) is 6.43. The maximum atomic E-state index is 10.5. The molecule has 0 amide bonds. The molecular formula is C4H2N4O6. The standard InChI is InChI=1S/C4H2N4O6/c9-3(10)4(8(13)14)2(7(11)12)1-5-6-4/h1H,(H,9,10). The Morgan fingerprint density at radius 2 is 2.07 bits per heavy atom. The molecule has 0 bridgehead atoms. The van der Waals surface area contributed by atoms with Crippen molar-refractivity contribution in [2.45, 2.75) is 5.66 Å². The highest BCUT2D eigenvalue weighted by Crippen LogP contribution is 2.29. The Morgan fingerprint density at radius 1 is 1.50 bits per heavy atom. The first-order valence-electron chi connectivity index (χ1n) is 3.08. The summed E-state index contributed by atoms with van der Waals surface area (Å²) in [4.78, 5) is 28.6. The summed E-state index contributed by atoms with van der Waals surface area (Å²) in [6, 6.07) is 0. The number of hydrogen-bond donors (Lipinski definition) is 1. The number of hydrogen-bond acceptors (Lipinski definition) is 7. The molecule has 1 aliphatic rings. The van der Waals surface area contributed by atoms with Crippen molar-refractivity contribution in [3.63, 3.8) is 0 Å². The molecule has 0 fully saturated rings. The van der Waals surface area contributed by atoms with E-state index in [9.17, 15) is 25.0 Å². The van der Waals surface area contributed by atoms with Crippen LogP contribution in [0.5, 0.6) is 0 Å². The zero-order valence-corrected chi connectivity index (χ0v) is 6.35. The number of carboxylic acids is 1. The van der Waals surface area contributed by atoms with Crippen molar-refractivity contribution in [2.24, 2.45) is 10.2 Å². The van der Waals surface area contributed by atoms with Crippen molar-refractivity contribution in [3.8, 4) is 0 Å². The second-order valence-electron chi connectivity index (χ2n) is 2.22. The van der Waals surface area contributed by atoms with Crippen molar-refractivity contribution in [1.82, 2.24) is 0 Å². The highest BCUT2D eigenvalue weighted by molar-refractivity contribution is 5.80. The van der Waals surface area contributed by atoms with E-state index >= 15 is 0 Å². The summed E-state index contributed by atoms with van der Waals surface area (Å²) in [5.41, 5.74) is -4.29. The summed E-state index contributed by atoms with van der Waals surface area (Å²) >= 11 is 0. The van der Waals surface area contributed by atoms with Crippen LogP contribution in [0.1, 0.15) is 0 Å². The Morgan fingerprint density at radius 3 is 2.36 bits per heavy atom. The topological polar surface area (TPSA) is 148 Å². The maximum absolute atomic E-state index is 10.5. The third-order valence-corrected chi connectivity index (χ3v) is 1.50. The van der Waals surface area contributed by atoms with E-state index in [1.54, 1.807) is 0 Å². The Balaban J connectivity index is 3.32. The number of aliphatic carboxylic acids is 1. The molecule has 10 nitrogen and oxygen atoms in total. The lowest BCUT2D eigenvalue weighted by Gasteiger charge is -2.07. The largest absolute Gasteiger partial charge is 0.515 e. The van der Waals surface area contributed by atoms with Crippen molar-refractivity contribution in [2.75, 3.05) is 0 Å². The van der Waals surface area contributed by atoms with E-state index in [4.69, 9.17) is 5.11 Å². The van der Waals surface area contributed by atoms with Gasteiger partial charge in [0, 0.05) is 0 Å². The molecule has 74 valence electrons. The minimum absolute atomic E-state index is 0.441.